The van der Waals surface area contributed by atoms with Crippen LogP contribution in [0.1, 0.15) is 22.3 Å². The maximum Gasteiger partial charge on any atom is 0.339 e. The molecule has 1 atom stereocenters. The molecule has 0 fully saturated rings. The number of ether oxygens (including phenoxy) is 1. The summed E-state index contributed by atoms with van der Waals surface area (Å²) in [4.78, 5) is 24.2. The predicted molar refractivity (Wildman–Crippen MR) is 96.8 cm³/mol. The highest BCUT2D eigenvalue weighted by Crippen LogP contribution is 2.13. The third kappa shape index (κ3) is 6.15. The van der Waals surface area contributed by atoms with Crippen molar-refractivity contribution in [2.75, 3.05) is 19.4 Å². The van der Waals surface area contributed by atoms with Gasteiger partial charge in [0.1, 0.15) is 0 Å². The van der Waals surface area contributed by atoms with E-state index in [0.717, 1.165) is 12.8 Å². The average Bonchev–Trinajstić information content (AvgIpc) is 2.64. The molecule has 0 saturated heterocycles. The minimum absolute atomic E-state index is 0.222. The molecule has 2 aromatic rings. The molecular weight excluding hydrogens is 338 g/mol. The van der Waals surface area contributed by atoms with Gasteiger partial charge in [0, 0.05) is 12.8 Å². The van der Waals surface area contributed by atoms with Crippen LogP contribution in [0.4, 0.5) is 0 Å². The molecule has 0 heterocycles. The summed E-state index contributed by atoms with van der Waals surface area (Å²) in [6.45, 7) is 0.162. The van der Waals surface area contributed by atoms with Crippen LogP contribution in [0.5, 0.6) is 0 Å². The molecule has 0 spiro atoms. The topological polar surface area (TPSA) is 72.5 Å². The fourth-order valence-corrected chi connectivity index (χ4v) is 3.04. The summed E-state index contributed by atoms with van der Waals surface area (Å²) in [5, 5.41) is 2.72. The van der Waals surface area contributed by atoms with E-state index in [1.807, 2.05) is 30.3 Å². The van der Waals surface area contributed by atoms with E-state index < -0.39 is 16.8 Å². The molecule has 0 aliphatic heterocycles. The van der Waals surface area contributed by atoms with Crippen molar-refractivity contribution in [3.05, 3.63) is 65.7 Å². The van der Waals surface area contributed by atoms with Crippen LogP contribution in [-0.2, 0) is 26.8 Å². The normalized spacial score (nSPS) is 11.6. The molecule has 0 radical (unpaired) electrons. The SMILES string of the molecule is C[S@](=O)c1ccccc1C(=O)OCC(=O)NCCCc1ccccc1. The lowest BCUT2D eigenvalue weighted by Gasteiger charge is -2.08. The zero-order valence-electron chi connectivity index (χ0n) is 14.1. The molecule has 0 unspecified atom stereocenters. The minimum Gasteiger partial charge on any atom is -0.452 e. The Balaban J connectivity index is 1.73. The van der Waals surface area contributed by atoms with Crippen LogP contribution in [0.25, 0.3) is 0 Å². The van der Waals surface area contributed by atoms with Gasteiger partial charge in [-0.2, -0.15) is 0 Å². The Morgan fingerprint density at radius 1 is 1.04 bits per heavy atom. The monoisotopic (exact) mass is 359 g/mol. The molecule has 5 nitrogen and oxygen atoms in total. The molecule has 1 amide bonds. The largest absolute Gasteiger partial charge is 0.452 e. The maximum absolute atomic E-state index is 12.1. The lowest BCUT2D eigenvalue weighted by molar-refractivity contribution is -0.124. The van der Waals surface area contributed by atoms with E-state index in [1.54, 1.807) is 18.2 Å². The molecule has 6 heteroatoms. The van der Waals surface area contributed by atoms with Crippen LogP contribution in [0, 0.1) is 0 Å². The highest BCUT2D eigenvalue weighted by atomic mass is 32.2. The Bertz CT molecular complexity index is 746. The molecular formula is C19H21NO4S. The first kappa shape index (κ1) is 18.9. The van der Waals surface area contributed by atoms with Crippen molar-refractivity contribution in [1.29, 1.82) is 0 Å². The summed E-state index contributed by atoms with van der Waals surface area (Å²) in [5.74, 6) is -0.998. The lowest BCUT2D eigenvalue weighted by atomic mass is 10.1. The summed E-state index contributed by atoms with van der Waals surface area (Å²) < 4.78 is 16.6. The van der Waals surface area contributed by atoms with Gasteiger partial charge in [0.25, 0.3) is 5.91 Å². The Kier molecular flexibility index (Phi) is 7.35. The number of rotatable bonds is 8. The van der Waals surface area contributed by atoms with Gasteiger partial charge in [0.15, 0.2) is 6.61 Å². The smallest absolute Gasteiger partial charge is 0.339 e. The van der Waals surface area contributed by atoms with Crippen LogP contribution in [0.3, 0.4) is 0 Å². The number of hydrogen-bond donors (Lipinski definition) is 1. The zero-order chi connectivity index (χ0) is 18.1. The van der Waals surface area contributed by atoms with Gasteiger partial charge in [0.2, 0.25) is 0 Å². The second-order valence-corrected chi connectivity index (χ2v) is 6.81. The van der Waals surface area contributed by atoms with Crippen molar-refractivity contribution in [3.63, 3.8) is 0 Å². The summed E-state index contributed by atoms with van der Waals surface area (Å²) in [6.07, 6.45) is 3.17. The van der Waals surface area contributed by atoms with E-state index in [4.69, 9.17) is 4.74 Å². The summed E-state index contributed by atoms with van der Waals surface area (Å²) in [7, 11) is -1.30. The standard InChI is InChI=1S/C19H21NO4S/c1-25(23)17-12-6-5-11-16(17)19(22)24-14-18(21)20-13-7-10-15-8-3-2-4-9-15/h2-6,8-9,11-12H,7,10,13-14H2,1H3,(H,20,21)/t25-/m0/s1. The van der Waals surface area contributed by atoms with Crippen LogP contribution in [0.2, 0.25) is 0 Å². The maximum atomic E-state index is 12.1. The molecule has 25 heavy (non-hydrogen) atoms. The number of nitrogens with one attached hydrogen (secondary N) is 1. The summed E-state index contributed by atoms with van der Waals surface area (Å²) in [5.41, 5.74) is 1.44. The quantitative estimate of drug-likeness (QED) is 0.580. The van der Waals surface area contributed by atoms with Gasteiger partial charge in [-0.3, -0.25) is 9.00 Å². The fraction of sp³-hybridized carbons (Fsp3) is 0.263. The van der Waals surface area contributed by atoms with Crippen LogP contribution in [-0.4, -0.2) is 35.5 Å². The van der Waals surface area contributed by atoms with E-state index in [0.29, 0.717) is 11.4 Å². The van der Waals surface area contributed by atoms with E-state index >= 15 is 0 Å². The van der Waals surface area contributed by atoms with Gasteiger partial charge in [-0.05, 0) is 30.5 Å². The van der Waals surface area contributed by atoms with Gasteiger partial charge in [0.05, 0.1) is 21.3 Å². The van der Waals surface area contributed by atoms with E-state index in [1.165, 1.54) is 17.9 Å². The van der Waals surface area contributed by atoms with Crippen molar-refractivity contribution in [2.24, 2.45) is 0 Å². The highest BCUT2D eigenvalue weighted by molar-refractivity contribution is 7.84. The number of amides is 1. The number of benzene rings is 2. The molecule has 2 aromatic carbocycles. The van der Waals surface area contributed by atoms with Gasteiger partial charge in [-0.25, -0.2) is 4.79 Å². The van der Waals surface area contributed by atoms with Gasteiger partial charge in [-0.1, -0.05) is 42.5 Å². The van der Waals surface area contributed by atoms with Gasteiger partial charge in [-0.15, -0.1) is 0 Å². The number of hydrogen-bond acceptors (Lipinski definition) is 4. The predicted octanol–water partition coefficient (Wildman–Crippen LogP) is 2.33. The Hall–Kier alpha value is -2.47. The van der Waals surface area contributed by atoms with E-state index in [-0.39, 0.29) is 18.1 Å². The van der Waals surface area contributed by atoms with Gasteiger partial charge < -0.3 is 10.1 Å². The van der Waals surface area contributed by atoms with Crippen molar-refractivity contribution in [1.82, 2.24) is 5.32 Å². The molecule has 132 valence electrons. The first-order valence-corrected chi connectivity index (χ1v) is 9.54. The Labute approximate surface area is 149 Å². The van der Waals surface area contributed by atoms with Crippen molar-refractivity contribution in [2.45, 2.75) is 17.7 Å². The number of esters is 1. The molecule has 1 N–H and O–H groups in total. The van der Waals surface area contributed by atoms with Crippen molar-refractivity contribution < 1.29 is 18.5 Å². The highest BCUT2D eigenvalue weighted by Gasteiger charge is 2.15. The Morgan fingerprint density at radius 3 is 2.44 bits per heavy atom. The minimum atomic E-state index is -1.30. The van der Waals surface area contributed by atoms with E-state index in [2.05, 4.69) is 5.32 Å². The van der Waals surface area contributed by atoms with Crippen molar-refractivity contribution in [3.8, 4) is 0 Å². The van der Waals surface area contributed by atoms with Crippen LogP contribution in [0.15, 0.2) is 59.5 Å². The third-order valence-electron chi connectivity index (χ3n) is 3.56. The van der Waals surface area contributed by atoms with Crippen LogP contribution >= 0.6 is 0 Å². The zero-order valence-corrected chi connectivity index (χ0v) is 14.9. The first-order chi connectivity index (χ1) is 12.1. The molecule has 2 rings (SSSR count). The van der Waals surface area contributed by atoms with Crippen LogP contribution < -0.4 is 5.32 Å². The molecule has 0 aromatic heterocycles. The summed E-state index contributed by atoms with van der Waals surface area (Å²) >= 11 is 0. The first-order valence-electron chi connectivity index (χ1n) is 7.98. The lowest BCUT2D eigenvalue weighted by Crippen LogP contribution is -2.30. The van der Waals surface area contributed by atoms with Crippen molar-refractivity contribution >= 4 is 22.7 Å². The molecule has 0 aliphatic rings. The Morgan fingerprint density at radius 2 is 1.72 bits per heavy atom. The van der Waals surface area contributed by atoms with E-state index in [9.17, 15) is 13.8 Å². The third-order valence-corrected chi connectivity index (χ3v) is 4.53. The number of aryl methyl sites for hydroxylation is 1. The second kappa shape index (κ2) is 9.74. The number of carbonyl (C=O) groups is 2. The molecule has 0 bridgehead atoms. The average molecular weight is 359 g/mol. The number of carbonyl (C=O) groups excluding carboxylic acids is 2. The van der Waals surface area contributed by atoms with Gasteiger partial charge >= 0.3 is 5.97 Å². The fourth-order valence-electron chi connectivity index (χ4n) is 2.31. The molecule has 0 aliphatic carbocycles. The molecule has 0 saturated carbocycles. The second-order valence-electron chi connectivity index (χ2n) is 5.47. The summed E-state index contributed by atoms with van der Waals surface area (Å²) in [6, 6.07) is 16.5.